The van der Waals surface area contributed by atoms with Crippen molar-refractivity contribution in [2.75, 3.05) is 6.54 Å². The summed E-state index contributed by atoms with van der Waals surface area (Å²) in [4.78, 5) is 68.9. The Morgan fingerprint density at radius 2 is 1.78 bits per heavy atom. The van der Waals surface area contributed by atoms with E-state index in [4.69, 9.17) is 14.7 Å². The minimum atomic E-state index is -3.91. The van der Waals surface area contributed by atoms with Crippen molar-refractivity contribution < 1.29 is 41.9 Å². The van der Waals surface area contributed by atoms with Crippen molar-refractivity contribution in [1.82, 2.24) is 20.3 Å². The van der Waals surface area contributed by atoms with Gasteiger partial charge in [0, 0.05) is 12.3 Å². The van der Waals surface area contributed by atoms with Gasteiger partial charge in [-0.2, -0.15) is 5.26 Å². The Bertz CT molecular complexity index is 1660. The summed E-state index contributed by atoms with van der Waals surface area (Å²) >= 11 is 0. The Hall–Kier alpha value is -4.45. The van der Waals surface area contributed by atoms with Crippen molar-refractivity contribution in [1.29, 1.82) is 5.26 Å². The number of ether oxygens (including phenoxy) is 2. The number of alkyl carbamates (subject to hydrolysis) is 1. The molecule has 15 heteroatoms. The van der Waals surface area contributed by atoms with Gasteiger partial charge in [0.25, 0.3) is 5.91 Å². The SMILES string of the molecule is CC(C)(C)OC(=O)NC1CCCCC/C=C\C2CC2(C(=O)NS(=O)(=O)C2CC2)NC(=O)C2CC(OC(=O)c3ccc(C#N)cc3)CN2C1=O. The quantitative estimate of drug-likeness (QED) is 0.293. The first-order valence-electron chi connectivity index (χ1n) is 16.7. The van der Waals surface area contributed by atoms with Crippen LogP contribution in [-0.4, -0.2) is 84.2 Å². The molecule has 0 bridgehead atoms. The third kappa shape index (κ3) is 8.78. The van der Waals surface area contributed by atoms with Crippen molar-refractivity contribution in [3.8, 4) is 6.07 Å². The Labute approximate surface area is 286 Å². The summed E-state index contributed by atoms with van der Waals surface area (Å²) in [5.74, 6) is -3.32. The smallest absolute Gasteiger partial charge is 0.408 e. The lowest BCUT2D eigenvalue weighted by molar-refractivity contribution is -0.141. The van der Waals surface area contributed by atoms with Crippen LogP contribution in [0.15, 0.2) is 36.4 Å². The van der Waals surface area contributed by atoms with Crippen molar-refractivity contribution in [3.63, 3.8) is 0 Å². The lowest BCUT2D eigenvalue weighted by atomic mass is 10.0. The number of sulfonamides is 1. The zero-order valence-electron chi connectivity index (χ0n) is 27.9. The van der Waals surface area contributed by atoms with E-state index >= 15 is 0 Å². The van der Waals surface area contributed by atoms with Crippen LogP contribution in [0.4, 0.5) is 4.79 Å². The molecule has 264 valence electrons. The number of carbonyl (C=O) groups is 5. The molecule has 5 rings (SSSR count). The van der Waals surface area contributed by atoms with Crippen LogP contribution < -0.4 is 15.4 Å². The molecule has 2 heterocycles. The normalized spacial score (nSPS) is 28.2. The highest BCUT2D eigenvalue weighted by atomic mass is 32.2. The largest absolute Gasteiger partial charge is 0.457 e. The van der Waals surface area contributed by atoms with Gasteiger partial charge in [0.05, 0.1) is 29.0 Å². The second-order valence-electron chi connectivity index (χ2n) is 14.2. The topological polar surface area (TPSA) is 201 Å². The van der Waals surface area contributed by atoms with E-state index in [1.54, 1.807) is 20.8 Å². The maximum atomic E-state index is 14.2. The molecular weight excluding hydrogens is 654 g/mol. The van der Waals surface area contributed by atoms with Gasteiger partial charge in [-0.15, -0.1) is 0 Å². The highest BCUT2D eigenvalue weighted by Gasteiger charge is 2.62. The average molecular weight is 698 g/mol. The summed E-state index contributed by atoms with van der Waals surface area (Å²) in [5, 5.41) is 13.9. The number of nitrogens with one attached hydrogen (secondary N) is 3. The zero-order valence-corrected chi connectivity index (χ0v) is 28.7. The molecule has 0 aromatic heterocycles. The predicted molar refractivity (Wildman–Crippen MR) is 175 cm³/mol. The second kappa shape index (κ2) is 14.2. The fourth-order valence-corrected chi connectivity index (χ4v) is 7.56. The van der Waals surface area contributed by atoms with Crippen LogP contribution in [0, 0.1) is 17.2 Å². The molecule has 0 spiro atoms. The number of nitrogens with zero attached hydrogens (tertiary/aromatic N) is 2. The van der Waals surface area contributed by atoms with E-state index in [2.05, 4.69) is 15.4 Å². The molecule has 0 radical (unpaired) electrons. The maximum Gasteiger partial charge on any atom is 0.408 e. The van der Waals surface area contributed by atoms with Gasteiger partial charge < -0.3 is 25.0 Å². The summed E-state index contributed by atoms with van der Waals surface area (Å²) < 4.78 is 38.7. The van der Waals surface area contributed by atoms with Gasteiger partial charge in [0.15, 0.2) is 0 Å². The Balaban J connectivity index is 1.42. The molecule has 5 atom stereocenters. The van der Waals surface area contributed by atoms with Crippen molar-refractivity contribution in [3.05, 3.63) is 47.5 Å². The molecule has 5 unspecified atom stereocenters. The highest BCUT2D eigenvalue weighted by molar-refractivity contribution is 7.91. The molecule has 49 heavy (non-hydrogen) atoms. The number of fused-ring (bicyclic) bond motifs is 2. The molecule has 2 saturated carbocycles. The van der Waals surface area contributed by atoms with Crippen LogP contribution in [0.2, 0.25) is 0 Å². The Morgan fingerprint density at radius 1 is 1.06 bits per heavy atom. The first kappa shape index (κ1) is 35.8. The fourth-order valence-electron chi connectivity index (χ4n) is 6.20. The van der Waals surface area contributed by atoms with E-state index in [0.29, 0.717) is 31.2 Å². The minimum absolute atomic E-state index is 0.114. The lowest BCUT2D eigenvalue weighted by Gasteiger charge is -2.30. The van der Waals surface area contributed by atoms with Crippen LogP contribution in [-0.2, 0) is 33.9 Å². The van der Waals surface area contributed by atoms with Crippen LogP contribution in [0.5, 0.6) is 0 Å². The molecule has 2 aliphatic carbocycles. The van der Waals surface area contributed by atoms with Crippen LogP contribution in [0.25, 0.3) is 0 Å². The maximum absolute atomic E-state index is 14.2. The molecule has 3 N–H and O–H groups in total. The van der Waals surface area contributed by atoms with E-state index in [1.165, 1.54) is 29.2 Å². The van der Waals surface area contributed by atoms with Gasteiger partial charge in [-0.1, -0.05) is 25.0 Å². The zero-order chi connectivity index (χ0) is 35.6. The second-order valence-corrected chi connectivity index (χ2v) is 16.1. The van der Waals surface area contributed by atoms with E-state index in [-0.39, 0.29) is 31.4 Å². The van der Waals surface area contributed by atoms with Gasteiger partial charge in [-0.05, 0) is 83.6 Å². The Morgan fingerprint density at radius 3 is 2.43 bits per heavy atom. The summed E-state index contributed by atoms with van der Waals surface area (Å²) in [7, 11) is -3.91. The molecule has 1 aromatic rings. The number of hydrogen-bond donors (Lipinski definition) is 3. The predicted octanol–water partition coefficient (Wildman–Crippen LogP) is 2.58. The Kier molecular flexibility index (Phi) is 10.4. The van der Waals surface area contributed by atoms with Crippen molar-refractivity contribution in [2.24, 2.45) is 5.92 Å². The number of allylic oxidation sites excluding steroid dienone is 1. The summed E-state index contributed by atoms with van der Waals surface area (Å²) in [6.07, 6.45) is 5.94. The third-order valence-corrected chi connectivity index (χ3v) is 10.9. The van der Waals surface area contributed by atoms with E-state index in [0.717, 1.165) is 12.8 Å². The minimum Gasteiger partial charge on any atom is -0.457 e. The average Bonchev–Trinajstić information content (AvgIpc) is 3.95. The van der Waals surface area contributed by atoms with Gasteiger partial charge >= 0.3 is 12.1 Å². The summed E-state index contributed by atoms with van der Waals surface area (Å²) in [6.45, 7) is 4.90. The van der Waals surface area contributed by atoms with Gasteiger partial charge in [0.2, 0.25) is 21.8 Å². The first-order chi connectivity index (χ1) is 23.1. The number of nitriles is 1. The standard InChI is InChI=1S/C34H43N5O9S/c1-33(2,3)48-32(44)36-26-10-8-6-4-5-7-9-23-18-34(23,31(43)38-49(45,46)25-15-16-25)37-28(40)27-17-24(20-39(27)29(26)41)47-30(42)22-13-11-21(19-35)12-14-22/h7,9,11-14,23-27H,4-6,8,10,15-18,20H2,1-3H3,(H,36,44)(H,37,40)(H,38,43)/b9-7-. The molecule has 3 fully saturated rings. The summed E-state index contributed by atoms with van der Waals surface area (Å²) in [6, 6.07) is 5.51. The molecule has 1 aromatic carbocycles. The van der Waals surface area contributed by atoms with Crippen LogP contribution >= 0.6 is 0 Å². The number of benzene rings is 1. The molecule has 4 amide bonds. The number of hydrogen-bond acceptors (Lipinski definition) is 10. The molecule has 1 saturated heterocycles. The highest BCUT2D eigenvalue weighted by Crippen LogP contribution is 2.46. The third-order valence-electron chi connectivity index (χ3n) is 9.06. The molecule has 4 aliphatic rings. The van der Waals surface area contributed by atoms with E-state index in [9.17, 15) is 32.4 Å². The van der Waals surface area contributed by atoms with Gasteiger partial charge in [-0.25, -0.2) is 18.0 Å². The fraction of sp³-hybridized carbons (Fsp3) is 0.588. The monoisotopic (exact) mass is 697 g/mol. The molecule has 14 nitrogen and oxygen atoms in total. The number of carbonyl (C=O) groups excluding carboxylic acids is 5. The molecular formula is C34H43N5O9S. The molecule has 2 aliphatic heterocycles. The first-order valence-corrected chi connectivity index (χ1v) is 18.2. The van der Waals surface area contributed by atoms with E-state index < -0.39 is 80.3 Å². The number of amides is 4. The van der Waals surface area contributed by atoms with Crippen molar-refractivity contribution >= 4 is 39.8 Å². The van der Waals surface area contributed by atoms with Crippen LogP contribution in [0.1, 0.15) is 94.5 Å². The lowest BCUT2D eigenvalue weighted by Crippen LogP contribution is -2.58. The van der Waals surface area contributed by atoms with Gasteiger partial charge in [0.1, 0.15) is 29.3 Å². The van der Waals surface area contributed by atoms with Crippen LogP contribution in [0.3, 0.4) is 0 Å². The van der Waals surface area contributed by atoms with Gasteiger partial charge in [-0.3, -0.25) is 19.1 Å². The van der Waals surface area contributed by atoms with E-state index in [1.807, 2.05) is 18.2 Å². The number of rotatable bonds is 6. The van der Waals surface area contributed by atoms with Crippen molar-refractivity contribution in [2.45, 2.75) is 113 Å². The number of esters is 1. The summed E-state index contributed by atoms with van der Waals surface area (Å²) in [5.41, 5.74) is -1.85.